The van der Waals surface area contributed by atoms with Gasteiger partial charge in [0, 0.05) is 48.9 Å². The summed E-state index contributed by atoms with van der Waals surface area (Å²) in [4.78, 5) is 14.9. The van der Waals surface area contributed by atoms with E-state index in [0.29, 0.717) is 63.5 Å². The second-order valence-corrected chi connectivity index (χ2v) is 14.6. The Balaban J connectivity index is 1.43. The van der Waals surface area contributed by atoms with Crippen molar-refractivity contribution in [2.75, 3.05) is 26.2 Å². The first-order valence-corrected chi connectivity index (χ1v) is 17.6. The van der Waals surface area contributed by atoms with Crippen molar-refractivity contribution >= 4 is 50.7 Å². The van der Waals surface area contributed by atoms with Crippen molar-refractivity contribution in [3.05, 3.63) is 91.9 Å². The van der Waals surface area contributed by atoms with Gasteiger partial charge in [0.1, 0.15) is 0 Å². The summed E-state index contributed by atoms with van der Waals surface area (Å²) in [5.74, 6) is 5.36. The van der Waals surface area contributed by atoms with E-state index in [1.54, 1.807) is 24.3 Å². The number of amides is 1. The molecule has 0 saturated carbocycles. The highest BCUT2D eigenvalue weighted by atomic mass is 35.5. The van der Waals surface area contributed by atoms with E-state index in [0.717, 1.165) is 31.4 Å². The first-order chi connectivity index (χ1) is 22.4. The summed E-state index contributed by atoms with van der Waals surface area (Å²) in [6.45, 7) is 1.90. The molecule has 2 aliphatic heterocycles. The Labute approximate surface area is 283 Å². The van der Waals surface area contributed by atoms with E-state index in [1.165, 1.54) is 38.5 Å². The Kier molecular flexibility index (Phi) is 9.69. The highest BCUT2D eigenvalue weighted by molar-refractivity contribution is 7.87. The number of hydrogen-bond donors (Lipinski definition) is 2. The minimum atomic E-state index is -4.45. The average Bonchev–Trinajstić information content (AvgIpc) is 3.69. The number of carbonyl (C=O) groups is 1. The van der Waals surface area contributed by atoms with E-state index in [2.05, 4.69) is 27.1 Å². The quantitative estimate of drug-likeness (QED) is 0.169. The molecule has 0 aliphatic carbocycles. The minimum absolute atomic E-state index is 0.0101. The number of rotatable bonds is 8. The van der Waals surface area contributed by atoms with Crippen molar-refractivity contribution in [1.29, 1.82) is 0 Å². The van der Waals surface area contributed by atoms with Crippen molar-refractivity contribution in [1.82, 2.24) is 29.2 Å². The molecule has 246 valence electrons. The largest absolute Gasteiger partial charge is 0.416 e. The summed E-state index contributed by atoms with van der Waals surface area (Å²) in [6, 6.07) is 12.8. The SMILES string of the molecule is O=C(NN1CCCCC1)c1nn(-c2ccc(Cl)cc2Cl)c(-c2ccc(C#Cc3ccc(C(F)(F)F)cc3)s2)c1CNS(=O)(=O)N1CC1. The third-order valence-electron chi connectivity index (χ3n) is 7.51. The lowest BCUT2D eigenvalue weighted by Gasteiger charge is -2.26. The molecule has 2 aromatic carbocycles. The van der Waals surface area contributed by atoms with Gasteiger partial charge < -0.3 is 0 Å². The lowest BCUT2D eigenvalue weighted by Crippen LogP contribution is -2.45. The number of aromatic nitrogens is 2. The monoisotopic (exact) mass is 722 g/mol. The smallest absolute Gasteiger partial charge is 0.283 e. The van der Waals surface area contributed by atoms with E-state index in [-0.39, 0.29) is 17.3 Å². The van der Waals surface area contributed by atoms with Crippen molar-refractivity contribution in [2.45, 2.75) is 32.0 Å². The zero-order valence-electron chi connectivity index (χ0n) is 24.6. The van der Waals surface area contributed by atoms with Crippen LogP contribution in [0, 0.1) is 11.8 Å². The van der Waals surface area contributed by atoms with E-state index < -0.39 is 27.9 Å². The van der Waals surface area contributed by atoms with Crippen molar-refractivity contribution in [2.24, 2.45) is 0 Å². The van der Waals surface area contributed by atoms with Crippen LogP contribution in [-0.4, -0.2) is 59.6 Å². The Hall–Kier alpha value is -3.42. The van der Waals surface area contributed by atoms with Crippen LogP contribution in [0.2, 0.25) is 10.0 Å². The Bertz CT molecular complexity index is 1980. The molecule has 2 N–H and O–H groups in total. The molecule has 2 aromatic heterocycles. The van der Waals surface area contributed by atoms with Crippen LogP contribution in [0.5, 0.6) is 0 Å². The number of benzene rings is 2. The summed E-state index contributed by atoms with van der Waals surface area (Å²) in [6.07, 6.45) is -1.54. The van der Waals surface area contributed by atoms with E-state index in [1.807, 2.05) is 5.01 Å². The first-order valence-electron chi connectivity index (χ1n) is 14.6. The molecular formula is C31H27Cl2F3N6O3S2. The molecule has 4 aromatic rings. The Morgan fingerprint density at radius 2 is 1.68 bits per heavy atom. The van der Waals surface area contributed by atoms with Crippen LogP contribution in [0.3, 0.4) is 0 Å². The van der Waals surface area contributed by atoms with Crippen LogP contribution in [0.15, 0.2) is 54.6 Å². The van der Waals surface area contributed by atoms with Crippen LogP contribution >= 0.6 is 34.5 Å². The predicted octanol–water partition coefficient (Wildman–Crippen LogP) is 6.11. The highest BCUT2D eigenvalue weighted by Crippen LogP contribution is 2.37. The third kappa shape index (κ3) is 7.84. The summed E-state index contributed by atoms with van der Waals surface area (Å²) in [5, 5.41) is 7.15. The molecule has 4 heterocycles. The van der Waals surface area contributed by atoms with Gasteiger partial charge in [0.25, 0.3) is 16.1 Å². The molecule has 6 rings (SSSR count). The number of hydrogen-bond acceptors (Lipinski definition) is 6. The molecule has 2 fully saturated rings. The van der Waals surface area contributed by atoms with Crippen molar-refractivity contribution in [3.8, 4) is 28.1 Å². The van der Waals surface area contributed by atoms with Crippen LogP contribution < -0.4 is 10.1 Å². The molecule has 47 heavy (non-hydrogen) atoms. The lowest BCUT2D eigenvalue weighted by molar-refractivity contribution is -0.137. The molecular weight excluding hydrogens is 696 g/mol. The molecule has 0 radical (unpaired) electrons. The van der Waals surface area contributed by atoms with Gasteiger partial charge in [-0.3, -0.25) is 10.2 Å². The molecule has 9 nitrogen and oxygen atoms in total. The molecule has 0 spiro atoms. The van der Waals surface area contributed by atoms with Crippen molar-refractivity contribution in [3.63, 3.8) is 0 Å². The van der Waals surface area contributed by atoms with Crippen LogP contribution in [0.1, 0.15) is 51.3 Å². The number of nitrogens with one attached hydrogen (secondary N) is 2. The van der Waals surface area contributed by atoms with Gasteiger partial charge in [-0.25, -0.2) is 9.69 Å². The topological polar surface area (TPSA) is 99.3 Å². The summed E-state index contributed by atoms with van der Waals surface area (Å²) < 4.78 is 70.0. The molecule has 2 aliphatic rings. The molecule has 0 unspecified atom stereocenters. The number of alkyl halides is 3. The molecule has 0 bridgehead atoms. The lowest BCUT2D eigenvalue weighted by atomic mass is 10.1. The number of halogens is 5. The summed E-state index contributed by atoms with van der Waals surface area (Å²) in [5.41, 5.74) is 3.70. The van der Waals surface area contributed by atoms with E-state index in [4.69, 9.17) is 23.2 Å². The van der Waals surface area contributed by atoms with Crippen molar-refractivity contribution < 1.29 is 26.4 Å². The Morgan fingerprint density at radius 1 is 0.957 bits per heavy atom. The zero-order valence-corrected chi connectivity index (χ0v) is 27.7. The molecule has 0 atom stereocenters. The number of carbonyl (C=O) groups excluding carboxylic acids is 1. The average molecular weight is 724 g/mol. The second-order valence-electron chi connectivity index (χ2n) is 10.9. The fourth-order valence-electron chi connectivity index (χ4n) is 5.03. The van der Waals surface area contributed by atoms with Gasteiger partial charge in [-0.05, 0) is 67.4 Å². The fraction of sp³-hybridized carbons (Fsp3) is 0.290. The normalized spacial score (nSPS) is 15.7. The van der Waals surface area contributed by atoms with Gasteiger partial charge >= 0.3 is 6.18 Å². The van der Waals surface area contributed by atoms with E-state index >= 15 is 0 Å². The first kappa shape index (κ1) is 33.5. The summed E-state index contributed by atoms with van der Waals surface area (Å²) >= 11 is 14.0. The van der Waals surface area contributed by atoms with Gasteiger partial charge in [0.2, 0.25) is 0 Å². The van der Waals surface area contributed by atoms with E-state index in [9.17, 15) is 26.4 Å². The van der Waals surface area contributed by atoms with Crippen LogP contribution in [0.4, 0.5) is 13.2 Å². The number of piperidine rings is 1. The standard InChI is InChI=1S/C31H27Cl2F3N6O3S2/c32-22-9-12-26(25(33)18-22)42-29(27-13-11-23(46-27)10-6-20-4-7-21(8-5-20)31(34,35)36)24(19-37-47(44,45)41-16-17-41)28(38-42)30(43)39-40-14-2-1-3-15-40/h4-5,7-9,11-13,18,37H,1-3,14-17,19H2,(H,39,43). The number of hydrazine groups is 1. The maximum Gasteiger partial charge on any atom is 0.416 e. The highest BCUT2D eigenvalue weighted by Gasteiger charge is 2.34. The minimum Gasteiger partial charge on any atom is -0.283 e. The molecule has 2 saturated heterocycles. The Morgan fingerprint density at radius 3 is 2.34 bits per heavy atom. The fourth-order valence-corrected chi connectivity index (χ4v) is 7.51. The van der Waals surface area contributed by atoms with Gasteiger partial charge in [-0.2, -0.15) is 35.7 Å². The van der Waals surface area contributed by atoms with Crippen LogP contribution in [0.25, 0.3) is 16.3 Å². The molecule has 1 amide bonds. The van der Waals surface area contributed by atoms with Gasteiger partial charge in [-0.15, -0.1) is 11.3 Å². The number of nitrogens with zero attached hydrogens (tertiary/aromatic N) is 4. The summed E-state index contributed by atoms with van der Waals surface area (Å²) in [7, 11) is -3.80. The second kappa shape index (κ2) is 13.6. The van der Waals surface area contributed by atoms with Gasteiger partial charge in [0.15, 0.2) is 5.69 Å². The molecule has 16 heteroatoms. The van der Waals surface area contributed by atoms with Gasteiger partial charge in [-0.1, -0.05) is 41.5 Å². The number of thiophene rings is 1. The van der Waals surface area contributed by atoms with Crippen LogP contribution in [-0.2, 0) is 22.9 Å². The maximum absolute atomic E-state index is 13.8. The predicted molar refractivity (Wildman–Crippen MR) is 175 cm³/mol. The third-order valence-corrected chi connectivity index (χ3v) is 10.6. The maximum atomic E-state index is 13.8. The van der Waals surface area contributed by atoms with Gasteiger partial charge in [0.05, 0.1) is 31.7 Å². The zero-order chi connectivity index (χ0) is 33.3.